The van der Waals surface area contributed by atoms with Crippen LogP contribution < -0.4 is 0 Å². The van der Waals surface area contributed by atoms with E-state index in [-0.39, 0.29) is 0 Å². The molecule has 3 nitrogen and oxygen atoms in total. The predicted molar refractivity (Wildman–Crippen MR) is 74.8 cm³/mol. The second kappa shape index (κ2) is 9.37. The third-order valence-electron chi connectivity index (χ3n) is 3.95. The minimum Gasteiger partial charge on any atom is -0.481 e. The van der Waals surface area contributed by atoms with Gasteiger partial charge in [-0.25, -0.2) is 0 Å². The van der Waals surface area contributed by atoms with Crippen molar-refractivity contribution in [2.45, 2.75) is 64.7 Å². The van der Waals surface area contributed by atoms with Crippen LogP contribution in [0.5, 0.6) is 0 Å². The maximum atomic E-state index is 10.6. The van der Waals surface area contributed by atoms with Crippen LogP contribution in [-0.4, -0.2) is 35.6 Å². The van der Waals surface area contributed by atoms with E-state index in [0.717, 1.165) is 13.0 Å². The molecule has 1 rings (SSSR count). The summed E-state index contributed by atoms with van der Waals surface area (Å²) >= 11 is 0. The zero-order valence-corrected chi connectivity index (χ0v) is 11.9. The van der Waals surface area contributed by atoms with E-state index in [9.17, 15) is 4.79 Å². The lowest BCUT2D eigenvalue weighted by Crippen LogP contribution is -2.36. The SMILES string of the molecule is CCCCCCCN1CCCC(CCC(=O)O)C1. The molecule has 106 valence electrons. The molecule has 1 atom stereocenters. The van der Waals surface area contributed by atoms with Crippen LogP contribution in [0.25, 0.3) is 0 Å². The molecular formula is C15H29NO2. The lowest BCUT2D eigenvalue weighted by molar-refractivity contribution is -0.137. The zero-order chi connectivity index (χ0) is 13.2. The number of aliphatic carboxylic acids is 1. The number of carboxylic acids is 1. The largest absolute Gasteiger partial charge is 0.481 e. The van der Waals surface area contributed by atoms with Crippen LogP contribution in [0.15, 0.2) is 0 Å². The lowest BCUT2D eigenvalue weighted by Gasteiger charge is -2.32. The Bertz CT molecular complexity index is 231. The monoisotopic (exact) mass is 255 g/mol. The number of unbranched alkanes of at least 4 members (excludes halogenated alkanes) is 4. The summed E-state index contributed by atoms with van der Waals surface area (Å²) in [5.74, 6) is -0.0304. The standard InChI is InChI=1S/C15H29NO2/c1-2-3-4-5-6-11-16-12-7-8-14(13-16)9-10-15(17)18/h14H,2-13H2,1H3,(H,17,18). The number of hydrogen-bond donors (Lipinski definition) is 1. The molecule has 3 heteroatoms. The van der Waals surface area contributed by atoms with Crippen LogP contribution in [0, 0.1) is 5.92 Å². The molecular weight excluding hydrogens is 226 g/mol. The molecule has 0 amide bonds. The fraction of sp³-hybridized carbons (Fsp3) is 0.933. The summed E-state index contributed by atoms with van der Waals surface area (Å²) in [7, 11) is 0. The number of carbonyl (C=O) groups is 1. The van der Waals surface area contributed by atoms with E-state index in [2.05, 4.69) is 11.8 Å². The topological polar surface area (TPSA) is 40.5 Å². The second-order valence-electron chi connectivity index (χ2n) is 5.66. The number of likely N-dealkylation sites (tertiary alicyclic amines) is 1. The van der Waals surface area contributed by atoms with Crippen molar-refractivity contribution in [3.63, 3.8) is 0 Å². The van der Waals surface area contributed by atoms with Gasteiger partial charge in [0.1, 0.15) is 0 Å². The van der Waals surface area contributed by atoms with Crippen LogP contribution in [0.2, 0.25) is 0 Å². The third-order valence-corrected chi connectivity index (χ3v) is 3.95. The average Bonchev–Trinajstić information content (AvgIpc) is 2.37. The highest BCUT2D eigenvalue weighted by molar-refractivity contribution is 5.66. The van der Waals surface area contributed by atoms with Gasteiger partial charge >= 0.3 is 5.97 Å². The number of hydrogen-bond acceptors (Lipinski definition) is 2. The fourth-order valence-corrected chi connectivity index (χ4v) is 2.86. The first-order valence-electron chi connectivity index (χ1n) is 7.66. The molecule has 0 spiro atoms. The Morgan fingerprint density at radius 1 is 1.28 bits per heavy atom. The van der Waals surface area contributed by atoms with Gasteiger partial charge in [-0.3, -0.25) is 4.79 Å². The van der Waals surface area contributed by atoms with E-state index in [1.54, 1.807) is 0 Å². The first-order chi connectivity index (χ1) is 8.72. The smallest absolute Gasteiger partial charge is 0.303 e. The van der Waals surface area contributed by atoms with Crippen molar-refractivity contribution in [2.24, 2.45) is 5.92 Å². The van der Waals surface area contributed by atoms with Gasteiger partial charge in [0.05, 0.1) is 0 Å². The normalized spacial score (nSPS) is 21.1. The second-order valence-corrected chi connectivity index (χ2v) is 5.66. The Hall–Kier alpha value is -0.570. The van der Waals surface area contributed by atoms with Crippen LogP contribution in [-0.2, 0) is 4.79 Å². The summed E-state index contributed by atoms with van der Waals surface area (Å²) in [4.78, 5) is 13.1. The molecule has 1 saturated heterocycles. The highest BCUT2D eigenvalue weighted by atomic mass is 16.4. The van der Waals surface area contributed by atoms with E-state index >= 15 is 0 Å². The highest BCUT2D eigenvalue weighted by Crippen LogP contribution is 2.21. The van der Waals surface area contributed by atoms with Crippen LogP contribution in [0.1, 0.15) is 64.7 Å². The Balaban J connectivity index is 2.08. The van der Waals surface area contributed by atoms with E-state index in [0.29, 0.717) is 12.3 Å². The minimum atomic E-state index is -0.647. The predicted octanol–water partition coefficient (Wildman–Crippen LogP) is 3.53. The van der Waals surface area contributed by atoms with Gasteiger partial charge in [0.15, 0.2) is 0 Å². The Kier molecular flexibility index (Phi) is 8.06. The van der Waals surface area contributed by atoms with Gasteiger partial charge in [-0.1, -0.05) is 32.6 Å². The van der Waals surface area contributed by atoms with Gasteiger partial charge in [-0.05, 0) is 44.7 Å². The van der Waals surface area contributed by atoms with Crippen molar-refractivity contribution in [1.82, 2.24) is 4.90 Å². The van der Waals surface area contributed by atoms with Gasteiger partial charge in [0.25, 0.3) is 0 Å². The van der Waals surface area contributed by atoms with Crippen molar-refractivity contribution in [1.29, 1.82) is 0 Å². The van der Waals surface area contributed by atoms with Gasteiger partial charge in [0, 0.05) is 13.0 Å². The fourth-order valence-electron chi connectivity index (χ4n) is 2.86. The van der Waals surface area contributed by atoms with Gasteiger partial charge in [-0.15, -0.1) is 0 Å². The van der Waals surface area contributed by atoms with Crippen molar-refractivity contribution in [3.8, 4) is 0 Å². The van der Waals surface area contributed by atoms with Crippen molar-refractivity contribution < 1.29 is 9.90 Å². The Labute approximate surface area is 112 Å². The van der Waals surface area contributed by atoms with Crippen LogP contribution in [0.3, 0.4) is 0 Å². The number of rotatable bonds is 9. The summed E-state index contributed by atoms with van der Waals surface area (Å²) < 4.78 is 0. The summed E-state index contributed by atoms with van der Waals surface area (Å²) in [6.45, 7) is 5.81. The van der Waals surface area contributed by atoms with Gasteiger partial charge < -0.3 is 10.0 Å². The molecule has 1 fully saturated rings. The summed E-state index contributed by atoms with van der Waals surface area (Å²) in [6.07, 6.45) is 10.4. The van der Waals surface area contributed by atoms with Crippen LogP contribution in [0.4, 0.5) is 0 Å². The quantitative estimate of drug-likeness (QED) is 0.641. The number of nitrogens with zero attached hydrogens (tertiary/aromatic N) is 1. The van der Waals surface area contributed by atoms with Gasteiger partial charge in [0.2, 0.25) is 0 Å². The molecule has 0 radical (unpaired) electrons. The Morgan fingerprint density at radius 2 is 2.06 bits per heavy atom. The summed E-state index contributed by atoms with van der Waals surface area (Å²) in [6, 6.07) is 0. The first-order valence-corrected chi connectivity index (χ1v) is 7.66. The maximum absolute atomic E-state index is 10.6. The molecule has 0 aromatic rings. The van der Waals surface area contributed by atoms with Gasteiger partial charge in [-0.2, -0.15) is 0 Å². The molecule has 1 N–H and O–H groups in total. The molecule has 0 bridgehead atoms. The molecule has 1 unspecified atom stereocenters. The molecule has 1 aliphatic heterocycles. The molecule has 1 heterocycles. The maximum Gasteiger partial charge on any atom is 0.303 e. The summed E-state index contributed by atoms with van der Waals surface area (Å²) in [5, 5.41) is 8.72. The molecule has 0 aliphatic carbocycles. The number of piperidine rings is 1. The molecule has 0 aromatic carbocycles. The molecule has 1 aliphatic rings. The summed E-state index contributed by atoms with van der Waals surface area (Å²) in [5.41, 5.74) is 0. The van der Waals surface area contributed by atoms with E-state index in [1.165, 1.54) is 58.0 Å². The first kappa shape index (κ1) is 15.5. The lowest BCUT2D eigenvalue weighted by atomic mass is 9.93. The molecule has 0 aromatic heterocycles. The average molecular weight is 255 g/mol. The van der Waals surface area contributed by atoms with Crippen molar-refractivity contribution >= 4 is 5.97 Å². The van der Waals surface area contributed by atoms with E-state index in [1.807, 2.05) is 0 Å². The Morgan fingerprint density at radius 3 is 2.78 bits per heavy atom. The van der Waals surface area contributed by atoms with Crippen molar-refractivity contribution in [3.05, 3.63) is 0 Å². The third kappa shape index (κ3) is 7.00. The van der Waals surface area contributed by atoms with E-state index in [4.69, 9.17) is 5.11 Å². The molecule has 0 saturated carbocycles. The van der Waals surface area contributed by atoms with E-state index < -0.39 is 5.97 Å². The van der Waals surface area contributed by atoms with Crippen molar-refractivity contribution in [2.75, 3.05) is 19.6 Å². The minimum absolute atomic E-state index is 0.342. The highest BCUT2D eigenvalue weighted by Gasteiger charge is 2.19. The van der Waals surface area contributed by atoms with Crippen LogP contribution >= 0.6 is 0 Å². The number of carboxylic acid groups (broad SMARTS) is 1. The zero-order valence-electron chi connectivity index (χ0n) is 11.9. The molecule has 18 heavy (non-hydrogen) atoms.